The van der Waals surface area contributed by atoms with Crippen molar-refractivity contribution in [3.05, 3.63) is 16.1 Å². The molecule has 1 aliphatic heterocycles. The number of ether oxygens (including phenoxy) is 1. The van der Waals surface area contributed by atoms with Gasteiger partial charge in [-0.05, 0) is 34.6 Å². The van der Waals surface area contributed by atoms with Gasteiger partial charge in [-0.3, -0.25) is 9.89 Å². The fourth-order valence-electron chi connectivity index (χ4n) is 3.23. The van der Waals surface area contributed by atoms with E-state index in [1.807, 2.05) is 6.92 Å². The molecular formula is C19H33F3IN5OS. The molecule has 0 bridgehead atoms. The van der Waals surface area contributed by atoms with E-state index in [4.69, 9.17) is 9.73 Å². The van der Waals surface area contributed by atoms with Gasteiger partial charge in [-0.25, -0.2) is 4.98 Å². The van der Waals surface area contributed by atoms with Crippen molar-refractivity contribution in [2.75, 3.05) is 32.7 Å². The van der Waals surface area contributed by atoms with E-state index in [9.17, 15) is 13.2 Å². The molecule has 2 heterocycles. The van der Waals surface area contributed by atoms with Gasteiger partial charge in [0.1, 0.15) is 0 Å². The fraction of sp³-hybridized carbons (Fsp3) is 0.789. The van der Waals surface area contributed by atoms with Crippen LogP contribution in [0.1, 0.15) is 45.3 Å². The smallest absolute Gasteiger partial charge is 0.373 e. The lowest BCUT2D eigenvalue weighted by atomic mass is 10.0. The first kappa shape index (κ1) is 27.4. The van der Waals surface area contributed by atoms with Gasteiger partial charge in [0.2, 0.25) is 0 Å². The Labute approximate surface area is 198 Å². The Hall–Kier alpha value is -0.660. The second-order valence-corrected chi connectivity index (χ2v) is 8.91. The van der Waals surface area contributed by atoms with Crippen molar-refractivity contribution in [3.63, 3.8) is 0 Å². The van der Waals surface area contributed by atoms with Gasteiger partial charge in [-0.2, -0.15) is 13.2 Å². The van der Waals surface area contributed by atoms with Gasteiger partial charge in [0, 0.05) is 43.5 Å². The van der Waals surface area contributed by atoms with Crippen LogP contribution in [0.4, 0.5) is 13.2 Å². The van der Waals surface area contributed by atoms with E-state index in [-0.39, 0.29) is 41.7 Å². The Balaban J connectivity index is 0.00000450. The Morgan fingerprint density at radius 2 is 1.90 bits per heavy atom. The molecule has 0 amide bonds. The lowest BCUT2D eigenvalue weighted by Crippen LogP contribution is -2.56. The summed E-state index contributed by atoms with van der Waals surface area (Å²) >= 11 is 1.03. The maximum absolute atomic E-state index is 12.7. The minimum absolute atomic E-state index is 0. The van der Waals surface area contributed by atoms with Crippen LogP contribution in [-0.2, 0) is 17.3 Å². The van der Waals surface area contributed by atoms with Crippen molar-refractivity contribution < 1.29 is 17.9 Å². The molecule has 1 aliphatic rings. The van der Waals surface area contributed by atoms with Crippen LogP contribution in [0.25, 0.3) is 0 Å². The maximum Gasteiger partial charge on any atom is 0.434 e. The largest absolute Gasteiger partial charge is 0.434 e. The number of thiazole rings is 1. The summed E-state index contributed by atoms with van der Waals surface area (Å²) in [5.74, 6) is 0.655. The molecule has 0 saturated carbocycles. The Morgan fingerprint density at radius 3 is 2.43 bits per heavy atom. The number of hydrogen-bond acceptors (Lipinski definition) is 5. The molecule has 1 saturated heterocycles. The van der Waals surface area contributed by atoms with Gasteiger partial charge in [0.15, 0.2) is 11.7 Å². The molecule has 0 aromatic carbocycles. The summed E-state index contributed by atoms with van der Waals surface area (Å²) in [6.45, 7) is 14.0. The summed E-state index contributed by atoms with van der Waals surface area (Å²) < 4.78 is 43.8. The Morgan fingerprint density at radius 1 is 1.27 bits per heavy atom. The zero-order chi connectivity index (χ0) is 21.7. The van der Waals surface area contributed by atoms with Gasteiger partial charge >= 0.3 is 6.18 Å². The van der Waals surface area contributed by atoms with Crippen LogP contribution < -0.4 is 10.6 Å². The van der Waals surface area contributed by atoms with Gasteiger partial charge < -0.3 is 15.4 Å². The minimum Gasteiger partial charge on any atom is -0.373 e. The van der Waals surface area contributed by atoms with Crippen molar-refractivity contribution in [2.24, 2.45) is 4.99 Å². The highest BCUT2D eigenvalue weighted by Crippen LogP contribution is 2.30. The molecule has 0 aliphatic carbocycles. The first-order chi connectivity index (χ1) is 13.5. The zero-order valence-electron chi connectivity index (χ0n) is 18.2. The van der Waals surface area contributed by atoms with Gasteiger partial charge in [-0.15, -0.1) is 35.3 Å². The van der Waals surface area contributed by atoms with Crippen molar-refractivity contribution in [1.82, 2.24) is 20.5 Å². The number of rotatable bonds is 7. The number of alkyl halides is 3. The average molecular weight is 563 g/mol. The van der Waals surface area contributed by atoms with Crippen molar-refractivity contribution in [3.8, 4) is 0 Å². The molecule has 2 atom stereocenters. The number of nitrogens with one attached hydrogen (secondary N) is 2. The Bertz CT molecular complexity index is 673. The summed E-state index contributed by atoms with van der Waals surface area (Å²) in [6.07, 6.45) is -3.60. The molecule has 2 unspecified atom stereocenters. The number of aromatic nitrogens is 1. The van der Waals surface area contributed by atoms with E-state index >= 15 is 0 Å². The molecule has 6 nitrogen and oxygen atoms in total. The van der Waals surface area contributed by atoms with Crippen LogP contribution in [0.3, 0.4) is 0 Å². The molecule has 0 radical (unpaired) electrons. The SMILES string of the molecule is CCNC(=NCC(C)(C)N1CC(C)OC(C)C1)NCCc1nc(C(F)(F)F)cs1.I. The first-order valence-electron chi connectivity index (χ1n) is 9.95. The monoisotopic (exact) mass is 563 g/mol. The molecule has 1 aromatic heterocycles. The lowest BCUT2D eigenvalue weighted by Gasteiger charge is -2.44. The normalized spacial score (nSPS) is 21.3. The highest BCUT2D eigenvalue weighted by atomic mass is 127. The maximum atomic E-state index is 12.7. The summed E-state index contributed by atoms with van der Waals surface area (Å²) in [5, 5.41) is 7.89. The zero-order valence-corrected chi connectivity index (χ0v) is 21.3. The molecule has 30 heavy (non-hydrogen) atoms. The highest BCUT2D eigenvalue weighted by molar-refractivity contribution is 14.0. The topological polar surface area (TPSA) is 61.8 Å². The molecule has 0 spiro atoms. The van der Waals surface area contributed by atoms with Crippen molar-refractivity contribution in [1.29, 1.82) is 0 Å². The van der Waals surface area contributed by atoms with Crippen molar-refractivity contribution >= 4 is 41.3 Å². The van der Waals surface area contributed by atoms with Gasteiger partial charge in [0.05, 0.1) is 23.8 Å². The van der Waals surface area contributed by atoms with Crippen LogP contribution in [-0.4, -0.2) is 66.3 Å². The summed E-state index contributed by atoms with van der Waals surface area (Å²) in [7, 11) is 0. The van der Waals surface area contributed by atoms with Crippen LogP contribution in [0.2, 0.25) is 0 Å². The summed E-state index contributed by atoms with van der Waals surface area (Å²) in [4.78, 5) is 10.8. The third-order valence-corrected chi connectivity index (χ3v) is 5.63. The third-order valence-electron chi connectivity index (χ3n) is 4.72. The van der Waals surface area contributed by atoms with Crippen LogP contribution in [0.5, 0.6) is 0 Å². The standard InChI is InChI=1S/C19H32F3N5OS.HI/c1-6-23-17(24-8-7-16-26-15(11-29-16)19(20,21)22)25-12-18(4,5)27-9-13(2)28-14(3)10-27;/h11,13-14H,6-10,12H2,1-5H3,(H2,23,24,25);1H. The fourth-order valence-corrected chi connectivity index (χ4v) is 4.04. The third kappa shape index (κ3) is 8.46. The molecule has 1 fully saturated rings. The molecular weight excluding hydrogens is 530 g/mol. The predicted octanol–water partition coefficient (Wildman–Crippen LogP) is 3.77. The lowest BCUT2D eigenvalue weighted by molar-refractivity contribution is -0.140. The van der Waals surface area contributed by atoms with E-state index in [1.54, 1.807) is 0 Å². The second-order valence-electron chi connectivity index (χ2n) is 7.97. The van der Waals surface area contributed by atoms with E-state index in [1.165, 1.54) is 0 Å². The number of morpholine rings is 1. The second kappa shape index (κ2) is 11.8. The average Bonchev–Trinajstić information content (AvgIpc) is 3.08. The molecule has 2 rings (SSSR count). The van der Waals surface area contributed by atoms with E-state index < -0.39 is 11.9 Å². The van der Waals surface area contributed by atoms with E-state index in [2.05, 4.69) is 48.2 Å². The molecule has 2 N–H and O–H groups in total. The Kier molecular flexibility index (Phi) is 10.8. The number of halogens is 4. The number of guanidine groups is 1. The van der Waals surface area contributed by atoms with E-state index in [0.717, 1.165) is 29.8 Å². The van der Waals surface area contributed by atoms with Crippen LogP contribution >= 0.6 is 35.3 Å². The van der Waals surface area contributed by atoms with Gasteiger partial charge in [0.25, 0.3) is 0 Å². The van der Waals surface area contributed by atoms with E-state index in [0.29, 0.717) is 37.0 Å². The number of hydrogen-bond donors (Lipinski definition) is 2. The van der Waals surface area contributed by atoms with Crippen LogP contribution in [0, 0.1) is 0 Å². The minimum atomic E-state index is -4.39. The highest BCUT2D eigenvalue weighted by Gasteiger charge is 2.34. The van der Waals surface area contributed by atoms with Gasteiger partial charge in [-0.1, -0.05) is 0 Å². The van der Waals surface area contributed by atoms with Crippen LogP contribution in [0.15, 0.2) is 10.4 Å². The molecule has 174 valence electrons. The number of aliphatic imine (C=N–C) groups is 1. The first-order valence-corrected chi connectivity index (χ1v) is 10.8. The number of nitrogens with zero attached hydrogens (tertiary/aromatic N) is 3. The predicted molar refractivity (Wildman–Crippen MR) is 126 cm³/mol. The summed E-state index contributed by atoms with van der Waals surface area (Å²) in [5.41, 5.74) is -0.959. The molecule has 1 aromatic rings. The molecule has 11 heteroatoms. The van der Waals surface area contributed by atoms with Crippen molar-refractivity contribution in [2.45, 2.75) is 65.0 Å². The quantitative estimate of drug-likeness (QED) is 0.301. The summed E-state index contributed by atoms with van der Waals surface area (Å²) in [6, 6.07) is 0.